The van der Waals surface area contributed by atoms with Gasteiger partial charge in [0.1, 0.15) is 5.78 Å². The Bertz CT molecular complexity index is 371. The topological polar surface area (TPSA) is 26.3 Å². The Morgan fingerprint density at radius 1 is 1.11 bits per heavy atom. The summed E-state index contributed by atoms with van der Waals surface area (Å²) < 4.78 is 5.78. The smallest absolute Gasteiger partial charge is 0.138 e. The third kappa shape index (κ3) is 3.42. The summed E-state index contributed by atoms with van der Waals surface area (Å²) >= 11 is 0. The molecular formula is C16H22O2. The van der Waals surface area contributed by atoms with E-state index >= 15 is 0 Å². The number of hydrogen-bond acceptors (Lipinski definition) is 2. The van der Waals surface area contributed by atoms with Crippen LogP contribution in [0.25, 0.3) is 0 Å². The van der Waals surface area contributed by atoms with E-state index in [0.29, 0.717) is 18.3 Å². The third-order valence-corrected chi connectivity index (χ3v) is 3.81. The molecule has 1 aliphatic rings. The number of Topliss-reactive ketones (excluding diaryl/α,β-unsaturated/α-hetero) is 1. The number of hydrogen-bond donors (Lipinski definition) is 0. The van der Waals surface area contributed by atoms with Crippen molar-refractivity contribution in [2.75, 3.05) is 6.61 Å². The van der Waals surface area contributed by atoms with E-state index in [1.807, 2.05) is 32.0 Å². The highest BCUT2D eigenvalue weighted by atomic mass is 16.5. The van der Waals surface area contributed by atoms with E-state index in [-0.39, 0.29) is 11.8 Å². The molecule has 2 unspecified atom stereocenters. The lowest BCUT2D eigenvalue weighted by Gasteiger charge is -2.30. The van der Waals surface area contributed by atoms with Crippen LogP contribution in [0.3, 0.4) is 0 Å². The lowest BCUT2D eigenvalue weighted by molar-refractivity contribution is -0.130. The number of carbonyl (C=O) groups excluding carboxylic acids is 1. The van der Waals surface area contributed by atoms with Crippen molar-refractivity contribution in [1.82, 2.24) is 0 Å². The maximum absolute atomic E-state index is 11.7. The van der Waals surface area contributed by atoms with E-state index in [1.165, 1.54) is 5.56 Å². The van der Waals surface area contributed by atoms with Gasteiger partial charge in [-0.25, -0.2) is 0 Å². The fraction of sp³-hybridized carbons (Fsp3) is 0.562. The van der Waals surface area contributed by atoms with Gasteiger partial charge in [0.25, 0.3) is 0 Å². The van der Waals surface area contributed by atoms with Gasteiger partial charge < -0.3 is 4.74 Å². The minimum Gasteiger partial charge on any atom is -0.376 e. The fourth-order valence-electron chi connectivity index (χ4n) is 2.87. The van der Waals surface area contributed by atoms with E-state index < -0.39 is 0 Å². The van der Waals surface area contributed by atoms with Crippen molar-refractivity contribution in [2.24, 2.45) is 17.8 Å². The van der Waals surface area contributed by atoms with Gasteiger partial charge in [-0.2, -0.15) is 0 Å². The summed E-state index contributed by atoms with van der Waals surface area (Å²) in [5.41, 5.74) is 1.21. The van der Waals surface area contributed by atoms with Crippen molar-refractivity contribution in [3.8, 4) is 0 Å². The predicted octanol–water partition coefficient (Wildman–Crippen LogP) is 3.45. The van der Waals surface area contributed by atoms with E-state index in [2.05, 4.69) is 12.1 Å². The summed E-state index contributed by atoms with van der Waals surface area (Å²) in [5.74, 6) is 1.38. The highest BCUT2D eigenvalue weighted by Gasteiger charge is 2.30. The van der Waals surface area contributed by atoms with Crippen LogP contribution in [0.2, 0.25) is 0 Å². The minimum absolute atomic E-state index is 0.207. The molecule has 1 aromatic carbocycles. The standard InChI is InChI=1S/C16H22O2/c1-12-8-15(9-13(2)16(12)17)11-18-10-14-6-4-3-5-7-14/h3-7,12-13,15H,8-11H2,1-2H3. The number of carbonyl (C=O) groups is 1. The van der Waals surface area contributed by atoms with Crippen LogP contribution >= 0.6 is 0 Å². The Hall–Kier alpha value is -1.15. The van der Waals surface area contributed by atoms with Crippen LogP contribution in [-0.4, -0.2) is 12.4 Å². The Morgan fingerprint density at radius 2 is 1.72 bits per heavy atom. The first-order valence-electron chi connectivity index (χ1n) is 6.82. The molecule has 1 fully saturated rings. The monoisotopic (exact) mass is 246 g/mol. The lowest BCUT2D eigenvalue weighted by atomic mass is 9.76. The van der Waals surface area contributed by atoms with Gasteiger partial charge >= 0.3 is 0 Å². The van der Waals surface area contributed by atoms with Crippen molar-refractivity contribution < 1.29 is 9.53 Å². The zero-order valence-electron chi connectivity index (χ0n) is 11.3. The molecule has 98 valence electrons. The summed E-state index contributed by atoms with van der Waals surface area (Å²) in [5, 5.41) is 0. The summed E-state index contributed by atoms with van der Waals surface area (Å²) in [7, 11) is 0. The van der Waals surface area contributed by atoms with E-state index in [4.69, 9.17) is 4.74 Å². The molecule has 0 bridgehead atoms. The molecule has 2 nitrogen and oxygen atoms in total. The lowest BCUT2D eigenvalue weighted by Crippen LogP contribution is -2.31. The molecule has 0 radical (unpaired) electrons. The number of ether oxygens (including phenoxy) is 1. The van der Waals surface area contributed by atoms with Crippen LogP contribution in [0.15, 0.2) is 30.3 Å². The van der Waals surface area contributed by atoms with Crippen molar-refractivity contribution in [2.45, 2.75) is 33.3 Å². The summed E-state index contributed by atoms with van der Waals surface area (Å²) in [6, 6.07) is 10.2. The molecule has 0 aliphatic heterocycles. The van der Waals surface area contributed by atoms with Crippen molar-refractivity contribution in [1.29, 1.82) is 0 Å². The maximum atomic E-state index is 11.7. The van der Waals surface area contributed by atoms with Gasteiger partial charge in [0.2, 0.25) is 0 Å². The predicted molar refractivity (Wildman–Crippen MR) is 72.2 cm³/mol. The highest BCUT2D eigenvalue weighted by Crippen LogP contribution is 2.30. The zero-order chi connectivity index (χ0) is 13.0. The minimum atomic E-state index is 0.207. The van der Waals surface area contributed by atoms with Crippen molar-refractivity contribution in [3.05, 3.63) is 35.9 Å². The first-order valence-corrected chi connectivity index (χ1v) is 6.82. The molecular weight excluding hydrogens is 224 g/mol. The van der Waals surface area contributed by atoms with E-state index in [0.717, 1.165) is 19.4 Å². The number of rotatable bonds is 4. The molecule has 2 atom stereocenters. The third-order valence-electron chi connectivity index (χ3n) is 3.81. The zero-order valence-corrected chi connectivity index (χ0v) is 11.3. The molecule has 0 aromatic heterocycles. The Morgan fingerprint density at radius 3 is 2.33 bits per heavy atom. The molecule has 1 aliphatic carbocycles. The van der Waals surface area contributed by atoms with Crippen LogP contribution in [0.5, 0.6) is 0 Å². The highest BCUT2D eigenvalue weighted by molar-refractivity contribution is 5.83. The molecule has 0 amide bonds. The SMILES string of the molecule is CC1CC(COCc2ccccc2)CC(C)C1=O. The first-order chi connectivity index (χ1) is 8.66. The van der Waals surface area contributed by atoms with Gasteiger partial charge in [0, 0.05) is 18.4 Å². The average Bonchev–Trinajstić information content (AvgIpc) is 2.37. The molecule has 2 rings (SSSR count). The molecule has 2 heteroatoms. The van der Waals surface area contributed by atoms with E-state index in [1.54, 1.807) is 0 Å². The summed E-state index contributed by atoms with van der Waals surface area (Å²) in [6.07, 6.45) is 1.97. The Kier molecular flexibility index (Phi) is 4.54. The molecule has 0 spiro atoms. The van der Waals surface area contributed by atoms with Crippen molar-refractivity contribution >= 4 is 5.78 Å². The second-order valence-electron chi connectivity index (χ2n) is 5.54. The van der Waals surface area contributed by atoms with Gasteiger partial charge in [-0.05, 0) is 24.3 Å². The van der Waals surface area contributed by atoms with Crippen molar-refractivity contribution in [3.63, 3.8) is 0 Å². The average molecular weight is 246 g/mol. The van der Waals surface area contributed by atoms with Gasteiger partial charge in [-0.1, -0.05) is 44.2 Å². The number of ketones is 1. The molecule has 0 N–H and O–H groups in total. The second-order valence-corrected chi connectivity index (χ2v) is 5.54. The van der Waals surface area contributed by atoms with Gasteiger partial charge in [-0.15, -0.1) is 0 Å². The second kappa shape index (κ2) is 6.14. The molecule has 0 heterocycles. The fourth-order valence-corrected chi connectivity index (χ4v) is 2.87. The Balaban J connectivity index is 1.76. The van der Waals surface area contributed by atoms with Gasteiger partial charge in [0.15, 0.2) is 0 Å². The van der Waals surface area contributed by atoms with Gasteiger partial charge in [0.05, 0.1) is 6.61 Å². The molecule has 1 aromatic rings. The number of benzene rings is 1. The molecule has 0 saturated heterocycles. The van der Waals surface area contributed by atoms with Crippen LogP contribution in [-0.2, 0) is 16.1 Å². The summed E-state index contributed by atoms with van der Waals surface area (Å²) in [6.45, 7) is 5.54. The van der Waals surface area contributed by atoms with Crippen LogP contribution in [0.1, 0.15) is 32.3 Å². The van der Waals surface area contributed by atoms with Crippen LogP contribution < -0.4 is 0 Å². The molecule has 1 saturated carbocycles. The molecule has 18 heavy (non-hydrogen) atoms. The maximum Gasteiger partial charge on any atom is 0.138 e. The van der Waals surface area contributed by atoms with Crippen LogP contribution in [0, 0.1) is 17.8 Å². The largest absolute Gasteiger partial charge is 0.376 e. The first kappa shape index (κ1) is 13.3. The summed E-state index contributed by atoms with van der Waals surface area (Å²) in [4.78, 5) is 11.7. The van der Waals surface area contributed by atoms with Crippen LogP contribution in [0.4, 0.5) is 0 Å². The quantitative estimate of drug-likeness (QED) is 0.813. The van der Waals surface area contributed by atoms with Gasteiger partial charge in [-0.3, -0.25) is 4.79 Å². The normalized spacial score (nSPS) is 28.3. The van der Waals surface area contributed by atoms with E-state index in [9.17, 15) is 4.79 Å². The Labute approximate surface area is 109 Å².